The van der Waals surface area contributed by atoms with Gasteiger partial charge in [0.05, 0.1) is 5.38 Å². The predicted octanol–water partition coefficient (Wildman–Crippen LogP) is 3.68. The number of halogens is 1. The van der Waals surface area contributed by atoms with Gasteiger partial charge in [-0.25, -0.2) is 0 Å². The van der Waals surface area contributed by atoms with Gasteiger partial charge in [0.2, 0.25) is 0 Å². The number of rotatable bonds is 0. The summed E-state index contributed by atoms with van der Waals surface area (Å²) in [5, 5.41) is 2.88. The SMILES string of the molecule is Cl[C@@H]1Cc2cccc3cccc1c23. The topological polar surface area (TPSA) is 0 Å². The van der Waals surface area contributed by atoms with Crippen LogP contribution in [0, 0.1) is 0 Å². The van der Waals surface area contributed by atoms with Crippen LogP contribution in [0.3, 0.4) is 0 Å². The molecule has 0 saturated heterocycles. The Labute approximate surface area is 82.1 Å². The number of hydrogen-bond donors (Lipinski definition) is 0. The minimum Gasteiger partial charge on any atom is -0.117 e. The summed E-state index contributed by atoms with van der Waals surface area (Å²) in [5.74, 6) is 0. The van der Waals surface area contributed by atoms with E-state index in [0.717, 1.165) is 6.42 Å². The molecule has 0 nitrogen and oxygen atoms in total. The predicted molar refractivity (Wildman–Crippen MR) is 56.2 cm³/mol. The van der Waals surface area contributed by atoms with Gasteiger partial charge in [0.1, 0.15) is 0 Å². The normalized spacial score (nSPS) is 19.6. The van der Waals surface area contributed by atoms with Gasteiger partial charge in [0.15, 0.2) is 0 Å². The molecule has 0 fully saturated rings. The van der Waals surface area contributed by atoms with Crippen molar-refractivity contribution in [2.75, 3.05) is 0 Å². The van der Waals surface area contributed by atoms with Crippen LogP contribution in [0.4, 0.5) is 0 Å². The maximum absolute atomic E-state index is 6.25. The molecule has 0 saturated carbocycles. The minimum absolute atomic E-state index is 0.182. The Kier molecular flexibility index (Phi) is 1.42. The molecular weight excluding hydrogens is 180 g/mol. The zero-order valence-corrected chi connectivity index (χ0v) is 7.88. The molecule has 0 amide bonds. The molecular formula is C12H9Cl. The highest BCUT2D eigenvalue weighted by atomic mass is 35.5. The standard InChI is InChI=1S/C12H9Cl/c13-11-7-9-5-1-3-8-4-2-6-10(11)12(8)9/h1-6,11H,7H2/t11-/m1/s1. The highest BCUT2D eigenvalue weighted by Crippen LogP contribution is 2.39. The van der Waals surface area contributed by atoms with Crippen molar-refractivity contribution in [3.63, 3.8) is 0 Å². The molecule has 0 heterocycles. The molecule has 0 bridgehead atoms. The lowest BCUT2D eigenvalue weighted by Gasteiger charge is -2.01. The molecule has 2 aromatic rings. The lowest BCUT2D eigenvalue weighted by atomic mass is 10.1. The van der Waals surface area contributed by atoms with E-state index in [9.17, 15) is 0 Å². The molecule has 0 aliphatic heterocycles. The van der Waals surface area contributed by atoms with Crippen LogP contribution in [0.2, 0.25) is 0 Å². The van der Waals surface area contributed by atoms with Gasteiger partial charge in [0.25, 0.3) is 0 Å². The number of alkyl halides is 1. The smallest absolute Gasteiger partial charge is 0.0631 e. The molecule has 64 valence electrons. The largest absolute Gasteiger partial charge is 0.117 e. The van der Waals surface area contributed by atoms with Crippen molar-refractivity contribution in [2.45, 2.75) is 11.8 Å². The number of benzene rings is 2. The molecule has 1 aliphatic carbocycles. The molecule has 0 N–H and O–H groups in total. The van der Waals surface area contributed by atoms with Gasteiger partial charge in [-0.15, -0.1) is 11.6 Å². The van der Waals surface area contributed by atoms with E-state index >= 15 is 0 Å². The van der Waals surface area contributed by atoms with Crippen molar-refractivity contribution in [3.05, 3.63) is 47.5 Å². The van der Waals surface area contributed by atoms with Crippen molar-refractivity contribution in [1.29, 1.82) is 0 Å². The Morgan fingerprint density at radius 2 is 1.85 bits per heavy atom. The maximum atomic E-state index is 6.25. The van der Waals surface area contributed by atoms with Crippen molar-refractivity contribution < 1.29 is 0 Å². The van der Waals surface area contributed by atoms with Gasteiger partial charge < -0.3 is 0 Å². The van der Waals surface area contributed by atoms with Crippen molar-refractivity contribution in [1.82, 2.24) is 0 Å². The molecule has 0 spiro atoms. The average Bonchev–Trinajstić information content (AvgIpc) is 2.47. The Bertz CT molecular complexity index is 468. The monoisotopic (exact) mass is 188 g/mol. The summed E-state index contributed by atoms with van der Waals surface area (Å²) < 4.78 is 0. The lowest BCUT2D eigenvalue weighted by Crippen LogP contribution is -1.83. The van der Waals surface area contributed by atoms with Crippen LogP contribution in [-0.2, 0) is 6.42 Å². The van der Waals surface area contributed by atoms with Crippen LogP contribution in [0.5, 0.6) is 0 Å². The summed E-state index contributed by atoms with van der Waals surface area (Å²) >= 11 is 6.25. The first-order valence-corrected chi connectivity index (χ1v) is 4.94. The molecule has 3 rings (SSSR count). The second kappa shape index (κ2) is 2.49. The summed E-state index contributed by atoms with van der Waals surface area (Å²) in [4.78, 5) is 0. The van der Waals surface area contributed by atoms with E-state index in [1.807, 2.05) is 0 Å². The second-order valence-electron chi connectivity index (χ2n) is 3.53. The fourth-order valence-corrected chi connectivity index (χ4v) is 2.53. The highest BCUT2D eigenvalue weighted by molar-refractivity contribution is 6.23. The molecule has 0 aromatic heterocycles. The van der Waals surface area contributed by atoms with E-state index in [-0.39, 0.29) is 5.38 Å². The van der Waals surface area contributed by atoms with Crippen LogP contribution in [0.1, 0.15) is 16.5 Å². The summed E-state index contributed by atoms with van der Waals surface area (Å²) in [5.41, 5.74) is 2.70. The molecule has 1 heteroatoms. The van der Waals surface area contributed by atoms with E-state index in [1.165, 1.54) is 21.9 Å². The van der Waals surface area contributed by atoms with Crippen molar-refractivity contribution in [3.8, 4) is 0 Å². The fourth-order valence-electron chi connectivity index (χ4n) is 2.18. The second-order valence-corrected chi connectivity index (χ2v) is 4.06. The summed E-state index contributed by atoms with van der Waals surface area (Å²) in [7, 11) is 0. The van der Waals surface area contributed by atoms with Crippen molar-refractivity contribution >= 4 is 22.4 Å². The van der Waals surface area contributed by atoms with Gasteiger partial charge >= 0.3 is 0 Å². The van der Waals surface area contributed by atoms with E-state index in [1.54, 1.807) is 0 Å². The van der Waals surface area contributed by atoms with E-state index < -0.39 is 0 Å². The molecule has 13 heavy (non-hydrogen) atoms. The van der Waals surface area contributed by atoms with E-state index in [0.29, 0.717) is 0 Å². The first-order valence-electron chi connectivity index (χ1n) is 4.51. The zero-order valence-electron chi connectivity index (χ0n) is 7.13. The Morgan fingerprint density at radius 1 is 1.08 bits per heavy atom. The Hall–Kier alpha value is -1.01. The third-order valence-corrected chi connectivity index (χ3v) is 3.15. The maximum Gasteiger partial charge on any atom is 0.0631 e. The van der Waals surface area contributed by atoms with Gasteiger partial charge in [-0.1, -0.05) is 36.4 Å². The average molecular weight is 189 g/mol. The summed E-state index contributed by atoms with van der Waals surface area (Å²) in [6.07, 6.45) is 0.984. The third kappa shape index (κ3) is 0.925. The highest BCUT2D eigenvalue weighted by Gasteiger charge is 2.21. The van der Waals surface area contributed by atoms with Gasteiger partial charge in [-0.2, -0.15) is 0 Å². The summed E-state index contributed by atoms with van der Waals surface area (Å²) in [6, 6.07) is 12.8. The van der Waals surface area contributed by atoms with Crippen LogP contribution in [-0.4, -0.2) is 0 Å². The lowest BCUT2D eigenvalue weighted by molar-refractivity contribution is 0.978. The zero-order chi connectivity index (χ0) is 8.84. The molecule has 0 radical (unpaired) electrons. The number of hydrogen-bond acceptors (Lipinski definition) is 0. The van der Waals surface area contributed by atoms with E-state index in [4.69, 9.17) is 11.6 Å². The first kappa shape index (κ1) is 7.40. The summed E-state index contributed by atoms with van der Waals surface area (Å²) in [6.45, 7) is 0. The van der Waals surface area contributed by atoms with Gasteiger partial charge in [0, 0.05) is 0 Å². The molecule has 0 unspecified atom stereocenters. The van der Waals surface area contributed by atoms with Crippen LogP contribution in [0.25, 0.3) is 10.8 Å². The van der Waals surface area contributed by atoms with E-state index in [2.05, 4.69) is 36.4 Å². The molecule has 1 atom stereocenters. The van der Waals surface area contributed by atoms with Crippen LogP contribution < -0.4 is 0 Å². The minimum atomic E-state index is 0.182. The first-order chi connectivity index (χ1) is 6.36. The van der Waals surface area contributed by atoms with Gasteiger partial charge in [-0.05, 0) is 28.3 Å². The molecule has 2 aromatic carbocycles. The third-order valence-electron chi connectivity index (χ3n) is 2.76. The van der Waals surface area contributed by atoms with Gasteiger partial charge in [-0.3, -0.25) is 0 Å². The quantitative estimate of drug-likeness (QED) is 0.554. The fraction of sp³-hybridized carbons (Fsp3) is 0.167. The van der Waals surface area contributed by atoms with Crippen LogP contribution >= 0.6 is 11.6 Å². The Balaban J connectivity index is 2.51. The Morgan fingerprint density at radius 3 is 2.69 bits per heavy atom. The van der Waals surface area contributed by atoms with Crippen LogP contribution in [0.15, 0.2) is 36.4 Å². The molecule has 1 aliphatic rings. The van der Waals surface area contributed by atoms with Crippen molar-refractivity contribution in [2.24, 2.45) is 0 Å².